The number of nitrogens with two attached hydrogens (primary N) is 1. The zero-order valence-corrected chi connectivity index (χ0v) is 15.2. The van der Waals surface area contributed by atoms with Crippen molar-refractivity contribution in [2.75, 3.05) is 12.4 Å². The summed E-state index contributed by atoms with van der Waals surface area (Å²) in [4.78, 5) is 37.1. The van der Waals surface area contributed by atoms with Crippen LogP contribution in [0.1, 0.15) is 35.1 Å². The predicted octanol–water partition coefficient (Wildman–Crippen LogP) is 1.10. The fourth-order valence-corrected chi connectivity index (χ4v) is 2.87. The van der Waals surface area contributed by atoms with Crippen LogP contribution in [-0.4, -0.2) is 34.9 Å². The van der Waals surface area contributed by atoms with Crippen LogP contribution in [0.25, 0.3) is 0 Å². The molecule has 1 atom stereocenters. The van der Waals surface area contributed by atoms with Gasteiger partial charge < -0.3 is 15.8 Å². The highest BCUT2D eigenvalue weighted by molar-refractivity contribution is 6.04. The number of nitrogens with one attached hydrogen (secondary N) is 2. The summed E-state index contributed by atoms with van der Waals surface area (Å²) in [5, 5.41) is 5.25. The molecule has 27 heavy (non-hydrogen) atoms. The maximum Gasteiger partial charge on any atom is 0.274 e. The summed E-state index contributed by atoms with van der Waals surface area (Å²) < 4.78 is 5.10. The number of aromatic nitrogens is 2. The van der Waals surface area contributed by atoms with Gasteiger partial charge in [-0.05, 0) is 37.6 Å². The van der Waals surface area contributed by atoms with Crippen LogP contribution in [0.5, 0.6) is 5.75 Å². The molecule has 9 heteroatoms. The lowest BCUT2D eigenvalue weighted by Gasteiger charge is -2.28. The quantitative estimate of drug-likeness (QED) is 0.740. The normalized spacial score (nSPS) is 19.1. The summed E-state index contributed by atoms with van der Waals surface area (Å²) in [6.45, 7) is 3.54. The lowest BCUT2D eigenvalue weighted by molar-refractivity contribution is -0.121. The summed E-state index contributed by atoms with van der Waals surface area (Å²) in [6.07, 6.45) is 3.14. The van der Waals surface area contributed by atoms with E-state index in [-0.39, 0.29) is 24.2 Å². The van der Waals surface area contributed by atoms with E-state index in [1.54, 1.807) is 38.2 Å². The highest BCUT2D eigenvalue weighted by Crippen LogP contribution is 2.31. The molecule has 4 N–H and O–H groups in total. The highest BCUT2D eigenvalue weighted by atomic mass is 16.5. The number of pyridine rings is 2. The van der Waals surface area contributed by atoms with Crippen LogP contribution in [-0.2, 0) is 10.3 Å². The minimum absolute atomic E-state index is 0.0445. The number of aliphatic imine (C=N–C) groups is 1. The topological polar surface area (TPSA) is 132 Å². The van der Waals surface area contributed by atoms with Crippen molar-refractivity contribution in [3.05, 3.63) is 47.5 Å². The molecule has 140 valence electrons. The smallest absolute Gasteiger partial charge is 0.274 e. The number of guanidine groups is 1. The minimum atomic E-state index is -0.901. The molecule has 2 amide bonds. The Balaban J connectivity index is 1.85. The molecule has 9 nitrogen and oxygen atoms in total. The molecule has 2 aromatic rings. The van der Waals surface area contributed by atoms with Gasteiger partial charge in [-0.25, -0.2) is 9.98 Å². The van der Waals surface area contributed by atoms with Crippen molar-refractivity contribution < 1.29 is 14.3 Å². The maximum atomic E-state index is 12.6. The summed E-state index contributed by atoms with van der Waals surface area (Å²) in [6, 6.07) is 5.06. The van der Waals surface area contributed by atoms with Gasteiger partial charge in [0.05, 0.1) is 25.4 Å². The van der Waals surface area contributed by atoms with Gasteiger partial charge in [0.1, 0.15) is 17.0 Å². The van der Waals surface area contributed by atoms with Gasteiger partial charge in [-0.2, -0.15) is 0 Å². The van der Waals surface area contributed by atoms with Crippen LogP contribution >= 0.6 is 0 Å². The molecular weight excluding hydrogens is 348 g/mol. The second-order valence-corrected chi connectivity index (χ2v) is 6.42. The zero-order chi connectivity index (χ0) is 19.6. The predicted molar refractivity (Wildman–Crippen MR) is 99.5 cm³/mol. The lowest BCUT2D eigenvalue weighted by atomic mass is 9.92. The van der Waals surface area contributed by atoms with E-state index in [1.165, 1.54) is 13.3 Å². The lowest BCUT2D eigenvalue weighted by Crippen LogP contribution is -2.46. The number of methoxy groups -OCH3 is 1. The van der Waals surface area contributed by atoms with Gasteiger partial charge in [-0.15, -0.1) is 0 Å². The summed E-state index contributed by atoms with van der Waals surface area (Å²) in [5.74, 6) is 0.0263. The Morgan fingerprint density at radius 2 is 2.15 bits per heavy atom. The number of hydrogen-bond acceptors (Lipinski definition) is 7. The Kier molecular flexibility index (Phi) is 4.76. The molecule has 2 aromatic heterocycles. The molecule has 3 rings (SSSR count). The second kappa shape index (κ2) is 7.02. The van der Waals surface area contributed by atoms with E-state index >= 15 is 0 Å². The average Bonchev–Trinajstić information content (AvgIpc) is 2.60. The molecule has 0 aromatic carbocycles. The first kappa shape index (κ1) is 18.3. The summed E-state index contributed by atoms with van der Waals surface area (Å²) in [5.41, 5.74) is 6.80. The number of anilines is 1. The number of rotatable bonds is 4. The molecule has 0 aliphatic carbocycles. The zero-order valence-electron chi connectivity index (χ0n) is 15.2. The Morgan fingerprint density at radius 1 is 1.37 bits per heavy atom. The van der Waals surface area contributed by atoms with Crippen molar-refractivity contribution in [3.8, 4) is 5.75 Å². The molecule has 0 saturated heterocycles. The van der Waals surface area contributed by atoms with Crippen molar-refractivity contribution in [1.29, 1.82) is 0 Å². The van der Waals surface area contributed by atoms with E-state index < -0.39 is 5.54 Å². The first-order valence-electron chi connectivity index (χ1n) is 8.24. The van der Waals surface area contributed by atoms with Crippen LogP contribution in [0.4, 0.5) is 5.69 Å². The number of carbonyl (C=O) groups excluding carboxylic acids is 2. The molecule has 1 unspecified atom stereocenters. The van der Waals surface area contributed by atoms with Crippen molar-refractivity contribution in [3.63, 3.8) is 0 Å². The Bertz CT molecular complexity index is 942. The summed E-state index contributed by atoms with van der Waals surface area (Å²) in [7, 11) is 1.54. The van der Waals surface area contributed by atoms with Crippen LogP contribution in [0.15, 0.2) is 35.6 Å². The maximum absolute atomic E-state index is 12.6. The van der Waals surface area contributed by atoms with Gasteiger partial charge in [-0.1, -0.05) is 0 Å². The average molecular weight is 368 g/mol. The number of amides is 2. The van der Waals surface area contributed by atoms with E-state index in [0.29, 0.717) is 28.4 Å². The number of nitrogens with zero attached hydrogens (tertiary/aromatic N) is 3. The van der Waals surface area contributed by atoms with Crippen LogP contribution in [0.2, 0.25) is 0 Å². The van der Waals surface area contributed by atoms with Gasteiger partial charge in [-0.3, -0.25) is 19.9 Å². The largest absolute Gasteiger partial charge is 0.495 e. The molecule has 0 bridgehead atoms. The van der Waals surface area contributed by atoms with Gasteiger partial charge in [0, 0.05) is 11.9 Å². The third-order valence-electron chi connectivity index (χ3n) is 4.21. The molecular formula is C18H20N6O3. The number of ether oxygens (including phenoxy) is 1. The molecule has 0 radical (unpaired) electrons. The van der Waals surface area contributed by atoms with Crippen LogP contribution in [0, 0.1) is 6.92 Å². The standard InChI is InChI=1S/C18H20N6O3/c1-10-6-12(27-3)9-21-15(10)16(26)22-11-4-5-20-13(7-11)18(2)8-14(25)23-17(19)24-18/h4-7,9H,8H2,1-3H3,(H,20,22,26)(H3,19,23,24,25). The van der Waals surface area contributed by atoms with E-state index in [9.17, 15) is 9.59 Å². The second-order valence-electron chi connectivity index (χ2n) is 6.42. The highest BCUT2D eigenvalue weighted by Gasteiger charge is 2.34. The van der Waals surface area contributed by atoms with Crippen LogP contribution < -0.4 is 21.1 Å². The van der Waals surface area contributed by atoms with Crippen molar-refractivity contribution in [1.82, 2.24) is 15.3 Å². The first-order chi connectivity index (χ1) is 12.8. The van der Waals surface area contributed by atoms with Crippen LogP contribution in [0.3, 0.4) is 0 Å². The van der Waals surface area contributed by atoms with Crippen molar-refractivity contribution >= 4 is 23.5 Å². The minimum Gasteiger partial charge on any atom is -0.495 e. The third-order valence-corrected chi connectivity index (χ3v) is 4.21. The Morgan fingerprint density at radius 3 is 2.81 bits per heavy atom. The molecule has 0 saturated carbocycles. The fraction of sp³-hybridized carbons (Fsp3) is 0.278. The monoisotopic (exact) mass is 368 g/mol. The van der Waals surface area contributed by atoms with E-state index in [4.69, 9.17) is 10.5 Å². The fourth-order valence-electron chi connectivity index (χ4n) is 2.87. The first-order valence-corrected chi connectivity index (χ1v) is 8.24. The van der Waals surface area contributed by atoms with Gasteiger partial charge >= 0.3 is 0 Å². The Labute approximate surface area is 156 Å². The molecule has 3 heterocycles. The van der Waals surface area contributed by atoms with Gasteiger partial charge in [0.2, 0.25) is 5.91 Å². The molecule has 0 fully saturated rings. The van der Waals surface area contributed by atoms with E-state index in [1.807, 2.05) is 0 Å². The molecule has 1 aliphatic heterocycles. The summed E-state index contributed by atoms with van der Waals surface area (Å²) >= 11 is 0. The number of aryl methyl sites for hydroxylation is 1. The number of carbonyl (C=O) groups is 2. The van der Waals surface area contributed by atoms with E-state index in [2.05, 4.69) is 25.6 Å². The van der Waals surface area contributed by atoms with Crippen molar-refractivity contribution in [2.24, 2.45) is 10.7 Å². The van der Waals surface area contributed by atoms with Gasteiger partial charge in [0.15, 0.2) is 5.96 Å². The van der Waals surface area contributed by atoms with Crippen molar-refractivity contribution in [2.45, 2.75) is 25.8 Å². The van der Waals surface area contributed by atoms with E-state index in [0.717, 1.165) is 0 Å². The third kappa shape index (κ3) is 3.86. The van der Waals surface area contributed by atoms with Gasteiger partial charge in [0.25, 0.3) is 5.91 Å². The molecule has 1 aliphatic rings. The number of hydrogen-bond donors (Lipinski definition) is 3. The molecule has 0 spiro atoms. The Hall–Kier alpha value is -3.49. The SMILES string of the molecule is COc1cnc(C(=O)Nc2ccnc(C3(C)CC(=O)NC(N)=N3)c2)c(C)c1.